The maximum Gasteiger partial charge on any atom is 0.271 e. The van der Waals surface area contributed by atoms with Crippen LogP contribution in [0.5, 0.6) is 0 Å². The highest BCUT2D eigenvalue weighted by Gasteiger charge is 2.39. The summed E-state index contributed by atoms with van der Waals surface area (Å²) in [4.78, 5) is 42.4. The molecule has 3 heterocycles. The van der Waals surface area contributed by atoms with E-state index in [1.165, 1.54) is 0 Å². The van der Waals surface area contributed by atoms with Crippen LogP contribution < -0.4 is 10.6 Å². The first-order chi connectivity index (χ1) is 13.6. The van der Waals surface area contributed by atoms with E-state index >= 15 is 0 Å². The number of nitrogens with one attached hydrogen (secondary N) is 3. The molecule has 3 aliphatic rings. The molecule has 0 bridgehead atoms. The number of aromatic amines is 1. The number of nitriles is 1. The highest BCUT2D eigenvalue weighted by Crippen LogP contribution is 2.35. The second kappa shape index (κ2) is 7.66. The van der Waals surface area contributed by atoms with Gasteiger partial charge in [0.25, 0.3) is 5.91 Å². The van der Waals surface area contributed by atoms with Crippen LogP contribution in [0.3, 0.4) is 0 Å². The predicted molar refractivity (Wildman–Crippen MR) is 99.9 cm³/mol. The molecular weight excluding hydrogens is 358 g/mol. The van der Waals surface area contributed by atoms with Gasteiger partial charge in [0.15, 0.2) is 0 Å². The Bertz CT molecular complexity index is 822. The van der Waals surface area contributed by atoms with E-state index in [0.717, 1.165) is 18.4 Å². The zero-order chi connectivity index (χ0) is 19.7. The van der Waals surface area contributed by atoms with Crippen molar-refractivity contribution in [2.24, 2.45) is 11.8 Å². The van der Waals surface area contributed by atoms with E-state index in [1.807, 2.05) is 6.07 Å². The molecule has 1 aromatic heterocycles. The number of aromatic nitrogens is 1. The molecule has 4 rings (SSSR count). The molecule has 28 heavy (non-hydrogen) atoms. The van der Waals surface area contributed by atoms with E-state index in [-0.39, 0.29) is 23.6 Å². The van der Waals surface area contributed by atoms with Crippen molar-refractivity contribution in [3.8, 4) is 6.07 Å². The van der Waals surface area contributed by atoms with Crippen molar-refractivity contribution in [2.75, 3.05) is 13.1 Å². The first-order valence-electron chi connectivity index (χ1n) is 10.0. The number of hydrogen-bond acceptors (Lipinski definition) is 4. The zero-order valence-corrected chi connectivity index (χ0v) is 15.7. The van der Waals surface area contributed by atoms with Gasteiger partial charge in [0.2, 0.25) is 11.8 Å². The maximum atomic E-state index is 13.1. The molecular formula is C20H25N5O3. The number of nitrogens with zero attached hydrogens (tertiary/aromatic N) is 2. The van der Waals surface area contributed by atoms with Crippen molar-refractivity contribution in [2.45, 2.75) is 50.6 Å². The van der Waals surface area contributed by atoms with Crippen LogP contribution in [0.25, 0.3) is 0 Å². The van der Waals surface area contributed by atoms with Crippen molar-refractivity contribution in [3.63, 3.8) is 0 Å². The van der Waals surface area contributed by atoms with Crippen molar-refractivity contribution in [1.82, 2.24) is 20.5 Å². The molecule has 2 fully saturated rings. The molecule has 0 aromatic carbocycles. The van der Waals surface area contributed by atoms with Gasteiger partial charge in [-0.25, -0.2) is 0 Å². The standard InChI is InChI=1S/C20H25N5O3/c21-11-15(10-14-4-7-23-18(14)26)24-19(27)16(9-12-1-2-12)25-8-5-13-3-6-22-17(13)20(25)28/h3,6,12,14-16,22H,1-2,4-5,7-10H2,(H,23,26)(H,24,27)/t14?,15-,16-/m0/s1. The van der Waals surface area contributed by atoms with Crippen molar-refractivity contribution in [1.29, 1.82) is 5.26 Å². The van der Waals surface area contributed by atoms with Gasteiger partial charge in [0.05, 0.1) is 6.07 Å². The van der Waals surface area contributed by atoms with Crippen LogP contribution in [0.15, 0.2) is 12.3 Å². The summed E-state index contributed by atoms with van der Waals surface area (Å²) in [5.74, 6) is -0.301. The normalized spacial score (nSPS) is 23.5. The van der Waals surface area contributed by atoms with Gasteiger partial charge >= 0.3 is 0 Å². The monoisotopic (exact) mass is 383 g/mol. The number of amides is 3. The minimum absolute atomic E-state index is 0.0606. The van der Waals surface area contributed by atoms with E-state index < -0.39 is 12.1 Å². The van der Waals surface area contributed by atoms with E-state index in [2.05, 4.69) is 21.7 Å². The molecule has 148 valence electrons. The Morgan fingerprint density at radius 2 is 2.14 bits per heavy atom. The fourth-order valence-electron chi connectivity index (χ4n) is 4.20. The summed E-state index contributed by atoms with van der Waals surface area (Å²) in [6.45, 7) is 1.11. The Kier molecular flexibility index (Phi) is 5.07. The van der Waals surface area contributed by atoms with Crippen LogP contribution in [-0.2, 0) is 16.0 Å². The molecule has 1 aromatic rings. The molecule has 3 amide bonds. The third-order valence-electron chi connectivity index (χ3n) is 6.02. The summed E-state index contributed by atoms with van der Waals surface area (Å²) in [6, 6.07) is 2.70. The molecule has 1 saturated carbocycles. The number of H-pyrrole nitrogens is 1. The molecule has 3 atom stereocenters. The quantitative estimate of drug-likeness (QED) is 0.643. The highest BCUT2D eigenvalue weighted by atomic mass is 16.2. The molecule has 8 heteroatoms. The zero-order valence-electron chi connectivity index (χ0n) is 15.7. The number of carbonyl (C=O) groups excluding carboxylic acids is 3. The van der Waals surface area contributed by atoms with Crippen LogP contribution in [-0.4, -0.2) is 52.8 Å². The van der Waals surface area contributed by atoms with Gasteiger partial charge in [-0.05, 0) is 43.2 Å². The van der Waals surface area contributed by atoms with Crippen LogP contribution in [0, 0.1) is 23.2 Å². The lowest BCUT2D eigenvalue weighted by Gasteiger charge is -2.34. The summed E-state index contributed by atoms with van der Waals surface area (Å²) in [6.07, 6.45) is 6.21. The third kappa shape index (κ3) is 3.75. The van der Waals surface area contributed by atoms with E-state index in [4.69, 9.17) is 0 Å². The van der Waals surface area contributed by atoms with Gasteiger partial charge in [-0.3, -0.25) is 14.4 Å². The Labute approximate surface area is 163 Å². The fourth-order valence-corrected chi connectivity index (χ4v) is 4.20. The molecule has 8 nitrogen and oxygen atoms in total. The second-order valence-corrected chi connectivity index (χ2v) is 8.02. The number of fused-ring (bicyclic) bond motifs is 1. The van der Waals surface area contributed by atoms with Crippen LogP contribution in [0.2, 0.25) is 0 Å². The molecule has 2 aliphatic heterocycles. The molecule has 1 aliphatic carbocycles. The minimum atomic E-state index is -0.732. The summed E-state index contributed by atoms with van der Waals surface area (Å²) in [7, 11) is 0. The molecule has 1 saturated heterocycles. The lowest BCUT2D eigenvalue weighted by Crippen LogP contribution is -2.54. The average Bonchev–Trinajstić information content (AvgIpc) is 3.21. The van der Waals surface area contributed by atoms with Gasteiger partial charge in [0, 0.05) is 25.2 Å². The number of carbonyl (C=O) groups is 3. The summed E-state index contributed by atoms with van der Waals surface area (Å²) in [5, 5.41) is 15.0. The van der Waals surface area contributed by atoms with Crippen molar-refractivity contribution >= 4 is 17.7 Å². The van der Waals surface area contributed by atoms with Gasteiger partial charge in [-0.1, -0.05) is 12.8 Å². The summed E-state index contributed by atoms with van der Waals surface area (Å²) in [5.41, 5.74) is 1.54. The van der Waals surface area contributed by atoms with Gasteiger partial charge in [0.1, 0.15) is 17.8 Å². The Morgan fingerprint density at radius 1 is 1.32 bits per heavy atom. The first-order valence-corrected chi connectivity index (χ1v) is 10.0. The maximum absolute atomic E-state index is 13.1. The second-order valence-electron chi connectivity index (χ2n) is 8.02. The van der Waals surface area contributed by atoms with Gasteiger partial charge < -0.3 is 20.5 Å². The van der Waals surface area contributed by atoms with E-state index in [1.54, 1.807) is 11.1 Å². The van der Waals surface area contributed by atoms with Crippen molar-refractivity contribution in [3.05, 3.63) is 23.5 Å². The Morgan fingerprint density at radius 3 is 2.82 bits per heavy atom. The summed E-state index contributed by atoms with van der Waals surface area (Å²) < 4.78 is 0. The highest BCUT2D eigenvalue weighted by molar-refractivity contribution is 5.98. The van der Waals surface area contributed by atoms with Gasteiger partial charge in [-0.15, -0.1) is 0 Å². The van der Waals surface area contributed by atoms with Crippen LogP contribution in [0.4, 0.5) is 0 Å². The first kappa shape index (κ1) is 18.5. The minimum Gasteiger partial charge on any atom is -0.357 e. The Hall–Kier alpha value is -2.82. The smallest absolute Gasteiger partial charge is 0.271 e. The van der Waals surface area contributed by atoms with E-state index in [9.17, 15) is 19.6 Å². The summed E-state index contributed by atoms with van der Waals surface area (Å²) >= 11 is 0. The third-order valence-corrected chi connectivity index (χ3v) is 6.02. The SMILES string of the molecule is N#C[C@H](CC1CCNC1=O)NC(=O)[C@H](CC1CC1)N1CCc2cc[nH]c2C1=O. The molecule has 1 unspecified atom stereocenters. The average molecular weight is 383 g/mol. The van der Waals surface area contributed by atoms with Gasteiger partial charge in [-0.2, -0.15) is 5.26 Å². The molecule has 3 N–H and O–H groups in total. The van der Waals surface area contributed by atoms with E-state index in [0.29, 0.717) is 50.4 Å². The lowest BCUT2D eigenvalue weighted by atomic mass is 9.97. The Balaban J connectivity index is 1.46. The lowest BCUT2D eigenvalue weighted by molar-refractivity contribution is -0.127. The molecule has 0 radical (unpaired) electrons. The fraction of sp³-hybridized carbons (Fsp3) is 0.600. The number of rotatable bonds is 7. The van der Waals surface area contributed by atoms with Crippen LogP contribution in [0.1, 0.15) is 48.2 Å². The topological polar surface area (TPSA) is 118 Å². The molecule has 0 spiro atoms. The number of hydrogen-bond donors (Lipinski definition) is 3. The van der Waals surface area contributed by atoms with Crippen molar-refractivity contribution < 1.29 is 14.4 Å². The predicted octanol–water partition coefficient (Wildman–Crippen LogP) is 0.716. The largest absolute Gasteiger partial charge is 0.357 e. The van der Waals surface area contributed by atoms with Crippen LogP contribution >= 0.6 is 0 Å².